The molecule has 3 fully saturated rings. The molecule has 1 aliphatic heterocycles. The lowest BCUT2D eigenvalue weighted by Gasteiger charge is -2.34. The molecule has 1 aromatic carbocycles. The predicted molar refractivity (Wildman–Crippen MR) is 118 cm³/mol. The Morgan fingerprint density at radius 1 is 1.26 bits per heavy atom. The largest absolute Gasteiger partial charge is 0.325 e. The Balaban J connectivity index is 1.47. The van der Waals surface area contributed by atoms with Gasteiger partial charge in [0, 0.05) is 16.1 Å². The van der Waals surface area contributed by atoms with Crippen LogP contribution in [0.3, 0.4) is 0 Å². The van der Waals surface area contributed by atoms with Gasteiger partial charge in [-0.1, -0.05) is 51.4 Å². The molecule has 0 aromatic heterocycles. The highest BCUT2D eigenvalue weighted by Crippen LogP contribution is 2.63. The average Bonchev–Trinajstić information content (AvgIpc) is 3.19. The maximum atomic E-state index is 13.2. The maximum Gasteiger partial charge on any atom is 0.325 e. The van der Waals surface area contributed by atoms with E-state index in [-0.39, 0.29) is 17.4 Å². The normalized spacial score (nSPS) is 32.6. The molecule has 31 heavy (non-hydrogen) atoms. The first kappa shape index (κ1) is 21.8. The third-order valence-corrected chi connectivity index (χ3v) is 8.42. The minimum Gasteiger partial charge on any atom is -0.319 e. The zero-order chi connectivity index (χ0) is 22.6. The Hall–Kier alpha value is -2.41. The fourth-order valence-electron chi connectivity index (χ4n) is 5.55. The fraction of sp³-hybridized carbons (Fsp3) is 0.565. The third-order valence-electron chi connectivity index (χ3n) is 8.17. The van der Waals surface area contributed by atoms with Gasteiger partial charge in [-0.2, -0.15) is 5.10 Å². The molecule has 0 spiro atoms. The second-order valence-corrected chi connectivity index (χ2v) is 10.1. The summed E-state index contributed by atoms with van der Waals surface area (Å²) in [5.41, 5.74) is 3.16. The van der Waals surface area contributed by atoms with Crippen molar-refractivity contribution < 1.29 is 14.4 Å². The van der Waals surface area contributed by atoms with Gasteiger partial charge in [-0.05, 0) is 54.7 Å². The Bertz CT molecular complexity index is 974. The van der Waals surface area contributed by atoms with E-state index in [1.807, 2.05) is 6.92 Å². The number of imide groups is 1. The van der Waals surface area contributed by atoms with Gasteiger partial charge in [-0.25, -0.2) is 10.2 Å². The number of fused-ring (bicyclic) bond motifs is 2. The molecule has 0 radical (unpaired) electrons. The molecule has 1 saturated heterocycles. The van der Waals surface area contributed by atoms with E-state index in [0.29, 0.717) is 22.9 Å². The topological polar surface area (TPSA) is 90.9 Å². The van der Waals surface area contributed by atoms with Gasteiger partial charge in [0.05, 0.1) is 0 Å². The number of rotatable bonds is 5. The van der Waals surface area contributed by atoms with Crippen LogP contribution in [-0.4, -0.2) is 35.0 Å². The van der Waals surface area contributed by atoms with Crippen molar-refractivity contribution in [2.75, 3.05) is 6.54 Å². The van der Waals surface area contributed by atoms with Crippen molar-refractivity contribution in [3.63, 3.8) is 0 Å². The summed E-state index contributed by atoms with van der Waals surface area (Å²) >= 11 is 5.96. The number of nitrogens with one attached hydrogen (secondary N) is 2. The molecule has 3 unspecified atom stereocenters. The van der Waals surface area contributed by atoms with E-state index in [9.17, 15) is 14.4 Å². The molecule has 3 aliphatic rings. The van der Waals surface area contributed by atoms with E-state index < -0.39 is 23.4 Å². The molecular weight excluding hydrogens is 416 g/mol. The highest BCUT2D eigenvalue weighted by molar-refractivity contribution is 6.30. The molecule has 1 heterocycles. The zero-order valence-electron chi connectivity index (χ0n) is 18.4. The van der Waals surface area contributed by atoms with Gasteiger partial charge in [-0.15, -0.1) is 0 Å². The second-order valence-electron chi connectivity index (χ2n) is 9.67. The number of urea groups is 1. The summed E-state index contributed by atoms with van der Waals surface area (Å²) in [7, 11) is 0. The van der Waals surface area contributed by atoms with Gasteiger partial charge in [-0.3, -0.25) is 14.5 Å². The van der Waals surface area contributed by atoms with E-state index >= 15 is 0 Å². The van der Waals surface area contributed by atoms with Crippen LogP contribution >= 0.6 is 11.6 Å². The van der Waals surface area contributed by atoms with Crippen molar-refractivity contribution in [2.24, 2.45) is 21.8 Å². The van der Waals surface area contributed by atoms with E-state index in [1.54, 1.807) is 24.3 Å². The van der Waals surface area contributed by atoms with Crippen molar-refractivity contribution in [1.82, 2.24) is 15.6 Å². The first-order chi connectivity index (χ1) is 14.5. The minimum absolute atomic E-state index is 0.0300. The van der Waals surface area contributed by atoms with Crippen molar-refractivity contribution in [3.8, 4) is 0 Å². The molecule has 166 valence electrons. The van der Waals surface area contributed by atoms with E-state index in [0.717, 1.165) is 23.5 Å². The van der Waals surface area contributed by atoms with Crippen LogP contribution in [0.5, 0.6) is 0 Å². The number of nitrogens with zero attached hydrogens (tertiary/aromatic N) is 2. The number of halogens is 1. The first-order valence-corrected chi connectivity index (χ1v) is 11.2. The summed E-state index contributed by atoms with van der Waals surface area (Å²) in [6.07, 6.45) is 3.48. The van der Waals surface area contributed by atoms with Crippen molar-refractivity contribution in [1.29, 1.82) is 0 Å². The van der Waals surface area contributed by atoms with Crippen LogP contribution in [0.2, 0.25) is 5.02 Å². The number of carbonyl (C=O) groups is 3. The van der Waals surface area contributed by atoms with Crippen LogP contribution in [0, 0.1) is 16.7 Å². The standard InChI is InChI=1S/C23H29ClN4O3/c1-5-23(14-6-8-16(24)9-7-14)19(30)28(20(31)25-23)13-18(29)27-26-17-12-15-10-11-22(17,4)21(15,2)3/h6-9,15H,5,10-13H2,1-4H3,(H,25,31)(H,27,29)/b26-17+. The lowest BCUT2D eigenvalue weighted by Crippen LogP contribution is -2.44. The monoisotopic (exact) mass is 444 g/mol. The van der Waals surface area contributed by atoms with Crippen LogP contribution in [0.15, 0.2) is 29.4 Å². The SMILES string of the molecule is CCC1(c2ccc(Cl)cc2)NC(=O)N(CC(=O)N/N=C2\CC3CCC2(C)C3(C)C)C1=O. The Labute approximate surface area is 187 Å². The summed E-state index contributed by atoms with van der Waals surface area (Å²) in [4.78, 5) is 39.3. The van der Waals surface area contributed by atoms with Crippen LogP contribution in [-0.2, 0) is 15.1 Å². The Kier molecular flexibility index (Phi) is 5.16. The van der Waals surface area contributed by atoms with E-state index in [1.165, 1.54) is 6.42 Å². The number of hydrogen-bond acceptors (Lipinski definition) is 4. The number of hydrogen-bond donors (Lipinski definition) is 2. The Morgan fingerprint density at radius 2 is 1.94 bits per heavy atom. The average molecular weight is 445 g/mol. The van der Waals surface area contributed by atoms with Gasteiger partial charge in [0.15, 0.2) is 0 Å². The van der Waals surface area contributed by atoms with E-state index in [4.69, 9.17) is 11.6 Å². The van der Waals surface area contributed by atoms with Gasteiger partial charge < -0.3 is 5.32 Å². The maximum absolute atomic E-state index is 13.2. The zero-order valence-corrected chi connectivity index (χ0v) is 19.2. The van der Waals surface area contributed by atoms with Crippen LogP contribution in [0.1, 0.15) is 58.9 Å². The molecule has 2 aliphatic carbocycles. The summed E-state index contributed by atoms with van der Waals surface area (Å²) in [5, 5.41) is 7.74. The summed E-state index contributed by atoms with van der Waals surface area (Å²) in [6, 6.07) is 6.21. The molecule has 4 amide bonds. The minimum atomic E-state index is -1.20. The molecule has 7 nitrogen and oxygen atoms in total. The van der Waals surface area contributed by atoms with Gasteiger partial charge in [0.1, 0.15) is 12.1 Å². The molecule has 2 saturated carbocycles. The van der Waals surface area contributed by atoms with Crippen molar-refractivity contribution >= 4 is 35.2 Å². The van der Waals surface area contributed by atoms with Crippen LogP contribution < -0.4 is 10.7 Å². The van der Waals surface area contributed by atoms with Crippen molar-refractivity contribution in [3.05, 3.63) is 34.9 Å². The summed E-state index contributed by atoms with van der Waals surface area (Å²) in [6.45, 7) is 8.19. The first-order valence-electron chi connectivity index (χ1n) is 10.8. The second kappa shape index (κ2) is 7.33. The molecule has 3 atom stereocenters. The van der Waals surface area contributed by atoms with Crippen LogP contribution in [0.4, 0.5) is 4.79 Å². The molecule has 4 rings (SSSR count). The highest BCUT2D eigenvalue weighted by atomic mass is 35.5. The summed E-state index contributed by atoms with van der Waals surface area (Å²) < 4.78 is 0. The number of hydrazone groups is 1. The van der Waals surface area contributed by atoms with Crippen LogP contribution in [0.25, 0.3) is 0 Å². The number of amides is 4. The lowest BCUT2D eigenvalue weighted by molar-refractivity contribution is -0.135. The Morgan fingerprint density at radius 3 is 2.48 bits per heavy atom. The molecule has 8 heteroatoms. The van der Waals surface area contributed by atoms with Gasteiger partial charge >= 0.3 is 6.03 Å². The predicted octanol–water partition coefficient (Wildman–Crippen LogP) is 3.82. The third kappa shape index (κ3) is 3.16. The number of benzene rings is 1. The summed E-state index contributed by atoms with van der Waals surface area (Å²) in [5.74, 6) is -0.357. The van der Waals surface area contributed by atoms with Crippen molar-refractivity contribution in [2.45, 2.75) is 58.9 Å². The highest BCUT2D eigenvalue weighted by Gasteiger charge is 2.60. The smallest absolute Gasteiger partial charge is 0.319 e. The molecule has 2 bridgehead atoms. The van der Waals surface area contributed by atoms with Gasteiger partial charge in [0.25, 0.3) is 11.8 Å². The van der Waals surface area contributed by atoms with E-state index in [2.05, 4.69) is 36.6 Å². The quantitative estimate of drug-likeness (QED) is 0.534. The van der Waals surface area contributed by atoms with Gasteiger partial charge in [0.2, 0.25) is 0 Å². The fourth-order valence-corrected chi connectivity index (χ4v) is 5.68. The molecular formula is C23H29ClN4O3. The molecule has 2 N–H and O–H groups in total. The lowest BCUT2D eigenvalue weighted by atomic mass is 9.70. The molecule has 1 aromatic rings. The number of carbonyl (C=O) groups excluding carboxylic acids is 3.